The summed E-state index contributed by atoms with van der Waals surface area (Å²) in [6, 6.07) is 18.9. The van der Waals surface area contributed by atoms with Crippen LogP contribution in [0.15, 0.2) is 66.9 Å². The van der Waals surface area contributed by atoms with E-state index in [1.807, 2.05) is 68.4 Å². The first-order chi connectivity index (χ1) is 13.5. The number of nitrogens with one attached hydrogen (secondary N) is 2. The Kier molecular flexibility index (Phi) is 6.11. The van der Waals surface area contributed by atoms with Gasteiger partial charge in [-0.25, -0.2) is 0 Å². The van der Waals surface area contributed by atoms with Crippen LogP contribution in [0.2, 0.25) is 0 Å². The molecule has 0 aliphatic rings. The van der Waals surface area contributed by atoms with E-state index in [4.69, 9.17) is 4.74 Å². The van der Waals surface area contributed by atoms with Crippen molar-refractivity contribution >= 4 is 28.7 Å². The molecule has 0 atom stereocenters. The number of benzene rings is 2. The molecule has 1 heterocycles. The van der Waals surface area contributed by atoms with Crippen LogP contribution in [0.3, 0.4) is 0 Å². The Morgan fingerprint density at radius 2 is 1.64 bits per heavy atom. The van der Waals surface area contributed by atoms with Crippen molar-refractivity contribution in [2.45, 2.75) is 6.92 Å². The molecule has 3 aromatic rings. The SMILES string of the molecule is CCOc1ccc(NC(=O)c2cc(Nc3ccc(N(C)C)cc3)ccn2)cc1. The average Bonchev–Trinajstić information content (AvgIpc) is 2.70. The monoisotopic (exact) mass is 376 g/mol. The summed E-state index contributed by atoms with van der Waals surface area (Å²) in [5.74, 6) is 0.501. The van der Waals surface area contributed by atoms with E-state index in [1.54, 1.807) is 24.4 Å². The Balaban J connectivity index is 1.67. The van der Waals surface area contributed by atoms with E-state index < -0.39 is 0 Å². The maximum absolute atomic E-state index is 12.5. The van der Waals surface area contributed by atoms with Crippen LogP contribution in [0.4, 0.5) is 22.7 Å². The Labute approximate surface area is 165 Å². The van der Waals surface area contributed by atoms with Gasteiger partial charge in [0.2, 0.25) is 0 Å². The average molecular weight is 376 g/mol. The first-order valence-electron chi connectivity index (χ1n) is 9.10. The van der Waals surface area contributed by atoms with Crippen molar-refractivity contribution in [1.82, 2.24) is 4.98 Å². The molecule has 2 aromatic carbocycles. The molecule has 0 bridgehead atoms. The van der Waals surface area contributed by atoms with Crippen LogP contribution in [0.25, 0.3) is 0 Å². The lowest BCUT2D eigenvalue weighted by Gasteiger charge is -2.13. The number of nitrogens with zero attached hydrogens (tertiary/aromatic N) is 2. The zero-order valence-corrected chi connectivity index (χ0v) is 16.3. The molecular weight excluding hydrogens is 352 g/mol. The van der Waals surface area contributed by atoms with E-state index in [0.29, 0.717) is 18.0 Å². The number of aromatic nitrogens is 1. The normalized spacial score (nSPS) is 10.2. The third-order valence-electron chi connectivity index (χ3n) is 4.09. The van der Waals surface area contributed by atoms with Gasteiger partial charge in [-0.1, -0.05) is 0 Å². The largest absolute Gasteiger partial charge is 0.494 e. The molecule has 6 heteroatoms. The maximum atomic E-state index is 12.5. The Morgan fingerprint density at radius 3 is 2.29 bits per heavy atom. The summed E-state index contributed by atoms with van der Waals surface area (Å²) in [7, 11) is 4.00. The first-order valence-corrected chi connectivity index (χ1v) is 9.10. The molecule has 0 aliphatic heterocycles. The van der Waals surface area contributed by atoms with Gasteiger partial charge < -0.3 is 20.3 Å². The summed E-state index contributed by atoms with van der Waals surface area (Å²) in [4.78, 5) is 18.7. The lowest BCUT2D eigenvalue weighted by Crippen LogP contribution is -2.13. The van der Waals surface area contributed by atoms with Gasteiger partial charge in [-0.15, -0.1) is 0 Å². The van der Waals surface area contributed by atoms with E-state index in [2.05, 4.69) is 15.6 Å². The molecule has 0 saturated heterocycles. The van der Waals surface area contributed by atoms with Gasteiger partial charge in [-0.3, -0.25) is 9.78 Å². The molecule has 28 heavy (non-hydrogen) atoms. The highest BCUT2D eigenvalue weighted by Gasteiger charge is 2.09. The van der Waals surface area contributed by atoms with Crippen LogP contribution in [0.1, 0.15) is 17.4 Å². The highest BCUT2D eigenvalue weighted by molar-refractivity contribution is 6.03. The minimum atomic E-state index is -0.268. The van der Waals surface area contributed by atoms with Gasteiger partial charge in [0.1, 0.15) is 11.4 Å². The fourth-order valence-electron chi connectivity index (χ4n) is 2.64. The molecule has 3 rings (SSSR count). The number of ether oxygens (including phenoxy) is 1. The highest BCUT2D eigenvalue weighted by atomic mass is 16.5. The number of hydrogen-bond donors (Lipinski definition) is 2. The maximum Gasteiger partial charge on any atom is 0.274 e. The van der Waals surface area contributed by atoms with Crippen LogP contribution in [0.5, 0.6) is 5.75 Å². The third kappa shape index (κ3) is 5.01. The summed E-state index contributed by atoms with van der Waals surface area (Å²) in [6.45, 7) is 2.53. The molecule has 1 amide bonds. The first kappa shape index (κ1) is 19.2. The summed E-state index contributed by atoms with van der Waals surface area (Å²) in [5, 5.41) is 6.14. The summed E-state index contributed by atoms with van der Waals surface area (Å²) in [5.41, 5.74) is 3.88. The number of anilines is 4. The van der Waals surface area contributed by atoms with E-state index >= 15 is 0 Å². The van der Waals surface area contributed by atoms with Gasteiger partial charge in [0.25, 0.3) is 5.91 Å². The van der Waals surface area contributed by atoms with Crippen LogP contribution in [-0.4, -0.2) is 31.6 Å². The fraction of sp³-hybridized carbons (Fsp3) is 0.182. The van der Waals surface area contributed by atoms with Crippen LogP contribution in [-0.2, 0) is 0 Å². The Bertz CT molecular complexity index is 922. The number of carbonyl (C=O) groups excluding carboxylic acids is 1. The third-order valence-corrected chi connectivity index (χ3v) is 4.09. The van der Waals surface area contributed by atoms with Crippen molar-refractivity contribution < 1.29 is 9.53 Å². The van der Waals surface area contributed by atoms with Crippen LogP contribution >= 0.6 is 0 Å². The quantitative estimate of drug-likeness (QED) is 0.634. The summed E-state index contributed by atoms with van der Waals surface area (Å²) >= 11 is 0. The lowest BCUT2D eigenvalue weighted by atomic mass is 10.2. The number of amides is 1. The summed E-state index contributed by atoms with van der Waals surface area (Å²) in [6.07, 6.45) is 1.61. The second-order valence-corrected chi connectivity index (χ2v) is 6.41. The number of carbonyl (C=O) groups is 1. The lowest BCUT2D eigenvalue weighted by molar-refractivity contribution is 0.102. The zero-order chi connectivity index (χ0) is 19.9. The minimum absolute atomic E-state index is 0.268. The molecular formula is C22H24N4O2. The summed E-state index contributed by atoms with van der Waals surface area (Å²) < 4.78 is 5.41. The Hall–Kier alpha value is -3.54. The van der Waals surface area contributed by atoms with Crippen molar-refractivity contribution in [3.63, 3.8) is 0 Å². The second kappa shape index (κ2) is 8.90. The van der Waals surface area contributed by atoms with Gasteiger partial charge in [0, 0.05) is 43.0 Å². The molecule has 0 radical (unpaired) electrons. The predicted octanol–water partition coefficient (Wildman–Crippen LogP) is 4.54. The molecule has 0 fully saturated rings. The molecule has 0 saturated carbocycles. The molecule has 0 unspecified atom stereocenters. The predicted molar refractivity (Wildman–Crippen MR) is 114 cm³/mol. The van der Waals surface area contributed by atoms with Crippen molar-refractivity contribution in [2.75, 3.05) is 36.2 Å². The standard InChI is InChI=1S/C22H24N4O2/c1-4-28-20-11-7-17(8-12-20)25-22(27)21-15-18(13-14-23-21)24-16-5-9-19(10-6-16)26(2)3/h5-15H,4H2,1-3H3,(H,23,24)(H,25,27). The topological polar surface area (TPSA) is 66.5 Å². The fourth-order valence-corrected chi connectivity index (χ4v) is 2.64. The van der Waals surface area contributed by atoms with Gasteiger partial charge in [0.15, 0.2) is 0 Å². The van der Waals surface area contributed by atoms with E-state index in [-0.39, 0.29) is 5.91 Å². The van der Waals surface area contributed by atoms with Crippen molar-refractivity contribution in [3.05, 3.63) is 72.6 Å². The van der Waals surface area contributed by atoms with E-state index in [0.717, 1.165) is 22.8 Å². The van der Waals surface area contributed by atoms with Crippen molar-refractivity contribution in [3.8, 4) is 5.75 Å². The molecule has 2 N–H and O–H groups in total. The van der Waals surface area contributed by atoms with Crippen LogP contribution < -0.4 is 20.3 Å². The molecule has 1 aromatic heterocycles. The molecule has 0 spiro atoms. The molecule has 6 nitrogen and oxygen atoms in total. The van der Waals surface area contributed by atoms with Crippen molar-refractivity contribution in [1.29, 1.82) is 0 Å². The molecule has 0 aliphatic carbocycles. The second-order valence-electron chi connectivity index (χ2n) is 6.41. The van der Waals surface area contributed by atoms with Crippen LogP contribution in [0, 0.1) is 0 Å². The van der Waals surface area contributed by atoms with E-state index in [1.165, 1.54) is 0 Å². The van der Waals surface area contributed by atoms with Gasteiger partial charge in [-0.2, -0.15) is 0 Å². The smallest absolute Gasteiger partial charge is 0.274 e. The van der Waals surface area contributed by atoms with E-state index in [9.17, 15) is 4.79 Å². The molecule has 144 valence electrons. The number of pyridine rings is 1. The highest BCUT2D eigenvalue weighted by Crippen LogP contribution is 2.21. The van der Waals surface area contributed by atoms with Gasteiger partial charge in [-0.05, 0) is 67.6 Å². The van der Waals surface area contributed by atoms with Gasteiger partial charge in [0.05, 0.1) is 6.61 Å². The minimum Gasteiger partial charge on any atom is -0.494 e. The number of hydrogen-bond acceptors (Lipinski definition) is 5. The zero-order valence-electron chi connectivity index (χ0n) is 16.3. The Morgan fingerprint density at radius 1 is 0.964 bits per heavy atom. The number of rotatable bonds is 7. The van der Waals surface area contributed by atoms with Crippen molar-refractivity contribution in [2.24, 2.45) is 0 Å². The van der Waals surface area contributed by atoms with Gasteiger partial charge >= 0.3 is 0 Å².